The van der Waals surface area contributed by atoms with Gasteiger partial charge in [-0.2, -0.15) is 0 Å². The number of aliphatic carboxylic acids is 1. The molecule has 1 aliphatic rings. The fourth-order valence-electron chi connectivity index (χ4n) is 1.16. The molecule has 3 N–H and O–H groups in total. The van der Waals surface area contributed by atoms with E-state index in [-0.39, 0.29) is 0 Å². The van der Waals surface area contributed by atoms with Crippen molar-refractivity contribution in [1.82, 2.24) is 5.32 Å². The van der Waals surface area contributed by atoms with Gasteiger partial charge in [-0.25, -0.2) is 0 Å². The highest BCUT2D eigenvalue weighted by Crippen LogP contribution is 2.10. The predicted octanol–water partition coefficient (Wildman–Crippen LogP) is -1.58. The minimum absolute atomic E-state index is 0.384. The molecule has 0 aromatic heterocycles. The minimum atomic E-state index is -1.04. The van der Waals surface area contributed by atoms with E-state index in [4.69, 9.17) is 9.84 Å². The van der Waals surface area contributed by atoms with Gasteiger partial charge in [0, 0.05) is 13.7 Å². The van der Waals surface area contributed by atoms with Gasteiger partial charge in [-0.05, 0) is 0 Å². The fraction of sp³-hybridized carbons (Fsp3) is 0.833. The van der Waals surface area contributed by atoms with E-state index in [1.165, 1.54) is 7.11 Å². The molecule has 1 fully saturated rings. The van der Waals surface area contributed by atoms with E-state index in [0.717, 1.165) is 0 Å². The Labute approximate surface area is 64.0 Å². The number of carboxylic acid groups (broad SMARTS) is 1. The molecule has 0 radical (unpaired) electrons. The average molecular weight is 161 g/mol. The Morgan fingerprint density at radius 2 is 2.36 bits per heavy atom. The molecule has 3 atom stereocenters. The molecule has 1 rings (SSSR count). The van der Waals surface area contributed by atoms with Crippen molar-refractivity contribution in [2.45, 2.75) is 18.2 Å². The maximum absolute atomic E-state index is 10.4. The van der Waals surface area contributed by atoms with Crippen molar-refractivity contribution in [1.29, 1.82) is 0 Å². The lowest BCUT2D eigenvalue weighted by molar-refractivity contribution is -0.142. The van der Waals surface area contributed by atoms with Crippen molar-refractivity contribution >= 4 is 5.97 Å². The van der Waals surface area contributed by atoms with Crippen LogP contribution in [-0.2, 0) is 9.53 Å². The van der Waals surface area contributed by atoms with Crippen molar-refractivity contribution in [2.24, 2.45) is 0 Å². The molecule has 3 unspecified atom stereocenters. The van der Waals surface area contributed by atoms with Gasteiger partial charge in [0.25, 0.3) is 0 Å². The van der Waals surface area contributed by atoms with Gasteiger partial charge >= 0.3 is 5.97 Å². The summed E-state index contributed by atoms with van der Waals surface area (Å²) >= 11 is 0. The molecule has 1 saturated heterocycles. The zero-order valence-corrected chi connectivity index (χ0v) is 6.15. The number of nitrogens with one attached hydrogen (secondary N) is 1. The Morgan fingerprint density at radius 3 is 2.64 bits per heavy atom. The van der Waals surface area contributed by atoms with Gasteiger partial charge in [0.2, 0.25) is 0 Å². The highest BCUT2D eigenvalue weighted by Gasteiger charge is 2.38. The van der Waals surface area contributed by atoms with Gasteiger partial charge in [-0.3, -0.25) is 10.1 Å². The van der Waals surface area contributed by atoms with Crippen LogP contribution in [0.2, 0.25) is 0 Å². The zero-order chi connectivity index (χ0) is 8.43. The first-order valence-corrected chi connectivity index (χ1v) is 3.34. The van der Waals surface area contributed by atoms with Crippen LogP contribution in [0.15, 0.2) is 0 Å². The van der Waals surface area contributed by atoms with Gasteiger partial charge in [0.1, 0.15) is 12.1 Å². The summed E-state index contributed by atoms with van der Waals surface area (Å²) in [6, 6.07) is -0.889. The molecule has 5 nitrogen and oxygen atoms in total. The number of hydrogen-bond donors (Lipinski definition) is 3. The molecular weight excluding hydrogens is 150 g/mol. The largest absolute Gasteiger partial charge is 0.480 e. The first-order valence-electron chi connectivity index (χ1n) is 3.34. The van der Waals surface area contributed by atoms with E-state index in [0.29, 0.717) is 6.54 Å². The molecule has 64 valence electrons. The highest BCUT2D eigenvalue weighted by molar-refractivity contribution is 5.74. The topological polar surface area (TPSA) is 78.8 Å². The molecule has 11 heavy (non-hydrogen) atoms. The lowest BCUT2D eigenvalue weighted by Gasteiger charge is -2.13. The van der Waals surface area contributed by atoms with Crippen LogP contribution >= 0.6 is 0 Å². The Bertz CT molecular complexity index is 161. The lowest BCUT2D eigenvalue weighted by Crippen LogP contribution is -2.40. The molecule has 0 aromatic carbocycles. The monoisotopic (exact) mass is 161 g/mol. The summed E-state index contributed by atoms with van der Waals surface area (Å²) in [6.45, 7) is 0.384. The number of methoxy groups -OCH3 is 1. The van der Waals surface area contributed by atoms with Crippen molar-refractivity contribution < 1.29 is 19.7 Å². The summed E-state index contributed by atoms with van der Waals surface area (Å²) in [6.07, 6.45) is -1.35. The Kier molecular flexibility index (Phi) is 2.43. The normalized spacial score (nSPS) is 37.5. The molecule has 0 aliphatic carbocycles. The first kappa shape index (κ1) is 8.45. The molecule has 0 aromatic rings. The molecule has 5 heteroatoms. The zero-order valence-electron chi connectivity index (χ0n) is 6.15. The van der Waals surface area contributed by atoms with Crippen LogP contribution in [0.4, 0.5) is 0 Å². The number of aliphatic hydroxyl groups is 1. The van der Waals surface area contributed by atoms with Crippen LogP contribution in [0.3, 0.4) is 0 Å². The van der Waals surface area contributed by atoms with Crippen molar-refractivity contribution in [3.8, 4) is 0 Å². The van der Waals surface area contributed by atoms with Crippen molar-refractivity contribution in [3.63, 3.8) is 0 Å². The summed E-state index contributed by atoms with van der Waals surface area (Å²) in [4.78, 5) is 10.4. The van der Waals surface area contributed by atoms with Gasteiger partial charge < -0.3 is 14.9 Å². The van der Waals surface area contributed by atoms with Crippen LogP contribution in [0.25, 0.3) is 0 Å². The van der Waals surface area contributed by atoms with Gasteiger partial charge in [0.15, 0.2) is 0 Å². The Balaban J connectivity index is 2.55. The Hall–Kier alpha value is -0.650. The summed E-state index contributed by atoms with van der Waals surface area (Å²) < 4.78 is 4.83. The van der Waals surface area contributed by atoms with Crippen LogP contribution in [0.1, 0.15) is 0 Å². The number of ether oxygens (including phenoxy) is 1. The maximum Gasteiger partial charge on any atom is 0.323 e. The quantitative estimate of drug-likeness (QED) is 0.455. The van der Waals surface area contributed by atoms with Crippen LogP contribution < -0.4 is 5.32 Å². The molecule has 0 saturated carbocycles. The molecule has 1 aliphatic heterocycles. The third-order valence-corrected chi connectivity index (χ3v) is 1.83. The summed E-state index contributed by atoms with van der Waals surface area (Å²) in [5, 5.41) is 20.4. The smallest absolute Gasteiger partial charge is 0.323 e. The first-order chi connectivity index (χ1) is 5.16. The molecule has 0 bridgehead atoms. The number of aliphatic hydroxyl groups excluding tert-OH is 1. The van der Waals surface area contributed by atoms with E-state index in [1.54, 1.807) is 0 Å². The van der Waals surface area contributed by atoms with Gasteiger partial charge in [-0.1, -0.05) is 0 Å². The summed E-state index contributed by atoms with van der Waals surface area (Å²) in [5.74, 6) is -1.04. The second-order valence-electron chi connectivity index (χ2n) is 2.49. The second kappa shape index (κ2) is 3.17. The molecule has 0 amide bonds. The number of hydrogen-bond acceptors (Lipinski definition) is 4. The van der Waals surface area contributed by atoms with Crippen LogP contribution in [0, 0.1) is 0 Å². The third-order valence-electron chi connectivity index (χ3n) is 1.83. The van der Waals surface area contributed by atoms with E-state index in [2.05, 4.69) is 5.32 Å². The average Bonchev–Trinajstić information content (AvgIpc) is 2.30. The lowest BCUT2D eigenvalue weighted by atomic mass is 10.1. The number of carbonyl (C=O) groups is 1. The van der Waals surface area contributed by atoms with E-state index in [9.17, 15) is 9.90 Å². The van der Waals surface area contributed by atoms with Gasteiger partial charge in [-0.15, -0.1) is 0 Å². The van der Waals surface area contributed by atoms with Crippen molar-refractivity contribution in [2.75, 3.05) is 13.7 Å². The van der Waals surface area contributed by atoms with E-state index in [1.807, 2.05) is 0 Å². The second-order valence-corrected chi connectivity index (χ2v) is 2.49. The number of carboxylic acids is 1. The van der Waals surface area contributed by atoms with Crippen LogP contribution in [0.5, 0.6) is 0 Å². The van der Waals surface area contributed by atoms with Crippen LogP contribution in [-0.4, -0.2) is 48.1 Å². The standard InChI is InChI=1S/C6H11NO4/c1-11-3-2-7-4(5(3)8)6(9)10/h3-5,7-8H,2H2,1H3,(H,9,10). The third kappa shape index (κ3) is 1.50. The van der Waals surface area contributed by atoms with E-state index < -0.39 is 24.2 Å². The highest BCUT2D eigenvalue weighted by atomic mass is 16.5. The van der Waals surface area contributed by atoms with Crippen molar-refractivity contribution in [3.05, 3.63) is 0 Å². The molecule has 0 spiro atoms. The predicted molar refractivity (Wildman–Crippen MR) is 36.2 cm³/mol. The van der Waals surface area contributed by atoms with Gasteiger partial charge in [0.05, 0.1) is 6.10 Å². The molecule has 1 heterocycles. The maximum atomic E-state index is 10.4. The SMILES string of the molecule is COC1CNC(C(=O)O)C1O. The fourth-order valence-corrected chi connectivity index (χ4v) is 1.16. The Morgan fingerprint density at radius 1 is 1.73 bits per heavy atom. The summed E-state index contributed by atoms with van der Waals surface area (Å²) in [7, 11) is 1.44. The van der Waals surface area contributed by atoms with E-state index >= 15 is 0 Å². The molecular formula is C6H11NO4. The minimum Gasteiger partial charge on any atom is -0.480 e. The number of rotatable bonds is 2. The summed E-state index contributed by atoms with van der Waals surface area (Å²) in [5.41, 5.74) is 0.